The second kappa shape index (κ2) is 9.55. The normalized spacial score (nSPS) is 15.9. The number of rotatable bonds is 8. The van der Waals surface area contributed by atoms with E-state index in [0.717, 1.165) is 25.7 Å². The molecular weight excluding hydrogens is 364 g/mol. The van der Waals surface area contributed by atoms with E-state index in [1.807, 2.05) is 27.7 Å². The van der Waals surface area contributed by atoms with Gasteiger partial charge in [-0.25, -0.2) is 8.42 Å². The second-order valence-corrected chi connectivity index (χ2v) is 9.18. The fourth-order valence-corrected chi connectivity index (χ4v) is 4.92. The minimum absolute atomic E-state index is 0.0197. The zero-order chi connectivity index (χ0) is 20.0. The lowest BCUT2D eigenvalue weighted by molar-refractivity contribution is -0.120. The molecule has 1 saturated carbocycles. The van der Waals surface area contributed by atoms with Gasteiger partial charge in [-0.3, -0.25) is 4.79 Å². The number of carbonyl (C=O) groups excluding carboxylic acids is 1. The first-order chi connectivity index (χ1) is 12.8. The van der Waals surface area contributed by atoms with E-state index in [4.69, 9.17) is 4.74 Å². The quantitative estimate of drug-likeness (QED) is 0.720. The van der Waals surface area contributed by atoms with Crippen LogP contribution in [0.15, 0.2) is 23.1 Å². The van der Waals surface area contributed by atoms with Crippen molar-refractivity contribution in [1.29, 1.82) is 0 Å². The van der Waals surface area contributed by atoms with E-state index >= 15 is 0 Å². The van der Waals surface area contributed by atoms with Gasteiger partial charge in [0.05, 0.1) is 16.7 Å². The summed E-state index contributed by atoms with van der Waals surface area (Å²) in [6, 6.07) is 4.70. The Balaban J connectivity index is 2.35. The highest BCUT2D eigenvalue weighted by atomic mass is 32.2. The van der Waals surface area contributed by atoms with Crippen molar-refractivity contribution in [2.75, 3.05) is 18.4 Å². The van der Waals surface area contributed by atoms with E-state index in [1.54, 1.807) is 12.1 Å². The Hall–Kier alpha value is -1.60. The summed E-state index contributed by atoms with van der Waals surface area (Å²) >= 11 is 0. The summed E-state index contributed by atoms with van der Waals surface area (Å²) in [6.45, 7) is 8.20. The monoisotopic (exact) mass is 396 g/mol. The van der Waals surface area contributed by atoms with Crippen LogP contribution < -0.4 is 10.1 Å². The van der Waals surface area contributed by atoms with Crippen molar-refractivity contribution in [2.45, 2.75) is 70.8 Å². The third kappa shape index (κ3) is 5.45. The third-order valence-electron chi connectivity index (χ3n) is 4.89. The summed E-state index contributed by atoms with van der Waals surface area (Å²) in [5, 5.41) is 2.93. The Morgan fingerprint density at radius 3 is 2.37 bits per heavy atom. The number of hydrogen-bond acceptors (Lipinski definition) is 4. The molecule has 0 radical (unpaired) electrons. The van der Waals surface area contributed by atoms with Crippen molar-refractivity contribution in [1.82, 2.24) is 4.31 Å². The van der Waals surface area contributed by atoms with Crippen molar-refractivity contribution in [3.05, 3.63) is 18.2 Å². The predicted octanol–water partition coefficient (Wildman–Crippen LogP) is 4.02. The number of amides is 1. The fraction of sp³-hybridized carbons (Fsp3) is 0.650. The summed E-state index contributed by atoms with van der Waals surface area (Å²) in [5.41, 5.74) is 0.424. The maximum absolute atomic E-state index is 12.8. The lowest BCUT2D eigenvalue weighted by Gasteiger charge is -2.23. The van der Waals surface area contributed by atoms with Crippen LogP contribution in [0, 0.1) is 5.92 Å². The van der Waals surface area contributed by atoms with Gasteiger partial charge in [-0.2, -0.15) is 4.31 Å². The number of carbonyl (C=O) groups is 1. The molecule has 1 aliphatic rings. The van der Waals surface area contributed by atoms with E-state index in [2.05, 4.69) is 5.32 Å². The number of nitrogens with one attached hydrogen (secondary N) is 1. The molecule has 27 heavy (non-hydrogen) atoms. The van der Waals surface area contributed by atoms with Crippen molar-refractivity contribution in [2.24, 2.45) is 5.92 Å². The van der Waals surface area contributed by atoms with Gasteiger partial charge in [-0.05, 0) is 44.9 Å². The van der Waals surface area contributed by atoms with Crippen LogP contribution in [0.4, 0.5) is 5.69 Å². The van der Waals surface area contributed by atoms with Crippen molar-refractivity contribution < 1.29 is 17.9 Å². The molecule has 0 unspecified atom stereocenters. The Kier molecular flexibility index (Phi) is 7.68. The summed E-state index contributed by atoms with van der Waals surface area (Å²) in [7, 11) is -3.60. The van der Waals surface area contributed by atoms with Crippen LogP contribution in [0.25, 0.3) is 0 Å². The molecule has 0 heterocycles. The van der Waals surface area contributed by atoms with E-state index in [-0.39, 0.29) is 22.8 Å². The zero-order valence-corrected chi connectivity index (χ0v) is 17.6. The van der Waals surface area contributed by atoms with Crippen LogP contribution in [0.3, 0.4) is 0 Å². The average Bonchev–Trinajstić information content (AvgIpc) is 2.64. The molecule has 1 aromatic rings. The van der Waals surface area contributed by atoms with Crippen LogP contribution in [0.5, 0.6) is 5.75 Å². The number of anilines is 1. The average molecular weight is 397 g/mol. The van der Waals surface area contributed by atoms with Crippen LogP contribution in [-0.4, -0.2) is 37.8 Å². The second-order valence-electron chi connectivity index (χ2n) is 7.24. The highest BCUT2D eigenvalue weighted by Crippen LogP contribution is 2.32. The Labute approximate surface area is 163 Å². The number of nitrogens with zero attached hydrogens (tertiary/aromatic N) is 1. The first-order valence-electron chi connectivity index (χ1n) is 9.91. The molecule has 0 spiro atoms. The molecule has 1 N–H and O–H groups in total. The molecule has 1 fully saturated rings. The maximum atomic E-state index is 12.8. The number of ether oxygens (including phenoxy) is 1. The van der Waals surface area contributed by atoms with E-state index in [0.29, 0.717) is 24.5 Å². The van der Waals surface area contributed by atoms with Crippen LogP contribution in [0.1, 0.15) is 59.8 Å². The van der Waals surface area contributed by atoms with E-state index < -0.39 is 10.0 Å². The Morgan fingerprint density at radius 2 is 1.81 bits per heavy atom. The molecule has 1 amide bonds. The number of benzene rings is 1. The highest BCUT2D eigenvalue weighted by Gasteiger charge is 2.25. The molecule has 2 rings (SSSR count). The lowest BCUT2D eigenvalue weighted by Crippen LogP contribution is -2.31. The topological polar surface area (TPSA) is 75.7 Å². The summed E-state index contributed by atoms with van der Waals surface area (Å²) in [5.74, 6) is 0.419. The van der Waals surface area contributed by atoms with Gasteiger partial charge in [0.2, 0.25) is 15.9 Å². The lowest BCUT2D eigenvalue weighted by atomic mass is 9.88. The SMILES string of the molecule is CCN(CC)S(=O)(=O)c1ccc(OC(C)C)c(NC(=O)C2CCCCC2)c1. The minimum Gasteiger partial charge on any atom is -0.489 e. The van der Waals surface area contributed by atoms with Crippen molar-refractivity contribution >= 4 is 21.6 Å². The molecule has 1 aliphatic carbocycles. The van der Waals surface area contributed by atoms with Crippen molar-refractivity contribution in [3.63, 3.8) is 0 Å². The highest BCUT2D eigenvalue weighted by molar-refractivity contribution is 7.89. The smallest absolute Gasteiger partial charge is 0.243 e. The fourth-order valence-electron chi connectivity index (χ4n) is 3.44. The molecule has 6 nitrogen and oxygen atoms in total. The minimum atomic E-state index is -3.60. The Bertz CT molecular complexity index is 736. The maximum Gasteiger partial charge on any atom is 0.243 e. The number of hydrogen-bond donors (Lipinski definition) is 1. The first-order valence-corrected chi connectivity index (χ1v) is 11.3. The first kappa shape index (κ1) is 21.7. The summed E-state index contributed by atoms with van der Waals surface area (Å²) < 4.78 is 32.9. The van der Waals surface area contributed by atoms with Gasteiger partial charge >= 0.3 is 0 Å². The van der Waals surface area contributed by atoms with Gasteiger partial charge < -0.3 is 10.1 Å². The van der Waals surface area contributed by atoms with Gasteiger partial charge in [0.25, 0.3) is 0 Å². The zero-order valence-electron chi connectivity index (χ0n) is 16.8. The molecule has 7 heteroatoms. The molecule has 152 valence electrons. The van der Waals surface area contributed by atoms with Gasteiger partial charge in [-0.1, -0.05) is 33.1 Å². The molecular formula is C20H32N2O4S. The largest absolute Gasteiger partial charge is 0.489 e. The van der Waals surface area contributed by atoms with Gasteiger partial charge in [0, 0.05) is 19.0 Å². The molecule has 1 aromatic carbocycles. The van der Waals surface area contributed by atoms with E-state index in [9.17, 15) is 13.2 Å². The standard InChI is InChI=1S/C20H32N2O4S/c1-5-22(6-2)27(24,25)17-12-13-19(26-15(3)4)18(14-17)21-20(23)16-10-8-7-9-11-16/h12-16H,5-11H2,1-4H3,(H,21,23). The molecule has 0 saturated heterocycles. The van der Waals surface area contributed by atoms with E-state index in [1.165, 1.54) is 16.8 Å². The molecule has 0 atom stereocenters. The molecule has 0 bridgehead atoms. The molecule has 0 aliphatic heterocycles. The predicted molar refractivity (Wildman–Crippen MR) is 108 cm³/mol. The summed E-state index contributed by atoms with van der Waals surface area (Å²) in [6.07, 6.45) is 4.96. The van der Waals surface area contributed by atoms with Gasteiger partial charge in [-0.15, -0.1) is 0 Å². The van der Waals surface area contributed by atoms with Gasteiger partial charge in [0.1, 0.15) is 5.75 Å². The van der Waals surface area contributed by atoms with Crippen molar-refractivity contribution in [3.8, 4) is 5.75 Å². The molecule has 0 aromatic heterocycles. The van der Waals surface area contributed by atoms with Crippen LogP contribution >= 0.6 is 0 Å². The number of sulfonamides is 1. The van der Waals surface area contributed by atoms with Crippen LogP contribution in [0.2, 0.25) is 0 Å². The Morgan fingerprint density at radius 1 is 1.19 bits per heavy atom. The third-order valence-corrected chi connectivity index (χ3v) is 6.94. The van der Waals surface area contributed by atoms with Crippen LogP contribution in [-0.2, 0) is 14.8 Å². The van der Waals surface area contributed by atoms with Gasteiger partial charge in [0.15, 0.2) is 0 Å². The summed E-state index contributed by atoms with van der Waals surface area (Å²) in [4.78, 5) is 12.9.